The van der Waals surface area contributed by atoms with Gasteiger partial charge < -0.3 is 5.32 Å². The highest BCUT2D eigenvalue weighted by Gasteiger charge is 2.27. The van der Waals surface area contributed by atoms with Crippen LogP contribution in [0.25, 0.3) is 16.6 Å². The van der Waals surface area contributed by atoms with E-state index >= 15 is 0 Å². The molecule has 1 aliphatic rings. The summed E-state index contributed by atoms with van der Waals surface area (Å²) >= 11 is 1.33. The molecule has 28 heavy (non-hydrogen) atoms. The van der Waals surface area contributed by atoms with Crippen LogP contribution in [0.5, 0.6) is 0 Å². The first-order valence-corrected chi connectivity index (χ1v) is 10.4. The van der Waals surface area contributed by atoms with Gasteiger partial charge in [0.25, 0.3) is 5.56 Å². The Morgan fingerprint density at radius 2 is 1.96 bits per heavy atom. The number of benzene rings is 2. The molecule has 0 unspecified atom stereocenters. The van der Waals surface area contributed by atoms with E-state index in [0.717, 1.165) is 29.7 Å². The lowest BCUT2D eigenvalue weighted by Gasteiger charge is -2.18. The van der Waals surface area contributed by atoms with Crippen LogP contribution in [0.3, 0.4) is 0 Å². The maximum absolute atomic E-state index is 13.4. The van der Waals surface area contributed by atoms with Crippen LogP contribution in [0.1, 0.15) is 30.9 Å². The number of rotatable bonds is 5. The first-order chi connectivity index (χ1) is 13.4. The first kappa shape index (κ1) is 18.7. The summed E-state index contributed by atoms with van der Waals surface area (Å²) < 4.78 is 1.65. The number of nitrogens with zero attached hydrogens (tertiary/aromatic N) is 2. The van der Waals surface area contributed by atoms with Crippen molar-refractivity contribution < 1.29 is 4.79 Å². The van der Waals surface area contributed by atoms with Gasteiger partial charge in [0.2, 0.25) is 5.91 Å². The zero-order valence-electron chi connectivity index (χ0n) is 16.2. The third kappa shape index (κ3) is 3.69. The van der Waals surface area contributed by atoms with Crippen molar-refractivity contribution in [2.24, 2.45) is 0 Å². The molecule has 1 fully saturated rings. The number of carbonyl (C=O) groups excluding carboxylic acids is 1. The molecule has 0 bridgehead atoms. The standard InChI is InChI=1S/C22H23N3O2S/c1-13-8-9-14(2)19(12-13)25-21(27)17-6-4-5-7-18(17)24-22(25)28-15(3)20(26)23-16-10-11-16/h4-9,12,15-16H,10-11H2,1-3H3,(H,23,26)/t15-/m0/s1. The Balaban J connectivity index is 1.84. The molecule has 1 saturated carbocycles. The number of para-hydroxylation sites is 1. The second kappa shape index (κ2) is 7.43. The van der Waals surface area contributed by atoms with Gasteiger partial charge in [-0.2, -0.15) is 0 Å². The number of fused-ring (bicyclic) bond motifs is 1. The summed E-state index contributed by atoms with van der Waals surface area (Å²) in [6, 6.07) is 13.7. The van der Waals surface area contributed by atoms with Crippen molar-refractivity contribution >= 4 is 28.6 Å². The Morgan fingerprint density at radius 1 is 1.21 bits per heavy atom. The number of aryl methyl sites for hydroxylation is 2. The highest BCUT2D eigenvalue weighted by atomic mass is 32.2. The maximum Gasteiger partial charge on any atom is 0.266 e. The van der Waals surface area contributed by atoms with E-state index in [4.69, 9.17) is 4.98 Å². The second-order valence-electron chi connectivity index (χ2n) is 7.38. The van der Waals surface area contributed by atoms with Crippen LogP contribution in [0, 0.1) is 13.8 Å². The molecule has 1 amide bonds. The SMILES string of the molecule is Cc1ccc(C)c(-n2c(S[C@@H](C)C(=O)NC3CC3)nc3ccccc3c2=O)c1. The van der Waals surface area contributed by atoms with E-state index in [-0.39, 0.29) is 16.7 Å². The molecule has 144 valence electrons. The third-order valence-corrected chi connectivity index (χ3v) is 5.98. The summed E-state index contributed by atoms with van der Waals surface area (Å²) in [6.45, 7) is 5.84. The summed E-state index contributed by atoms with van der Waals surface area (Å²) in [5.41, 5.74) is 3.39. The van der Waals surface area contributed by atoms with E-state index in [1.165, 1.54) is 11.8 Å². The Hall–Kier alpha value is -2.60. The number of hydrogen-bond donors (Lipinski definition) is 1. The highest BCUT2D eigenvalue weighted by molar-refractivity contribution is 8.00. The van der Waals surface area contributed by atoms with Crippen molar-refractivity contribution in [1.29, 1.82) is 0 Å². The molecule has 1 aromatic heterocycles. The molecular weight excluding hydrogens is 370 g/mol. The summed E-state index contributed by atoms with van der Waals surface area (Å²) in [6.07, 6.45) is 2.09. The fourth-order valence-corrected chi connectivity index (χ4v) is 4.05. The summed E-state index contributed by atoms with van der Waals surface area (Å²) in [5.74, 6) is -0.0116. The van der Waals surface area contributed by atoms with Gasteiger partial charge in [-0.3, -0.25) is 14.2 Å². The van der Waals surface area contributed by atoms with Gasteiger partial charge in [0, 0.05) is 6.04 Å². The zero-order valence-corrected chi connectivity index (χ0v) is 17.0. The van der Waals surface area contributed by atoms with Gasteiger partial charge in [0.1, 0.15) is 0 Å². The van der Waals surface area contributed by atoms with E-state index < -0.39 is 0 Å². The number of carbonyl (C=O) groups is 1. The van der Waals surface area contributed by atoms with Crippen LogP contribution in [0.15, 0.2) is 52.4 Å². The molecule has 1 aliphatic carbocycles. The highest BCUT2D eigenvalue weighted by Crippen LogP contribution is 2.28. The second-order valence-corrected chi connectivity index (χ2v) is 8.69. The van der Waals surface area contributed by atoms with Crippen LogP contribution in [-0.2, 0) is 4.79 Å². The van der Waals surface area contributed by atoms with Gasteiger partial charge in [-0.25, -0.2) is 4.98 Å². The van der Waals surface area contributed by atoms with Crippen LogP contribution in [0.2, 0.25) is 0 Å². The molecule has 1 N–H and O–H groups in total. The Kier molecular flexibility index (Phi) is 4.98. The Bertz CT molecular complexity index is 1120. The summed E-state index contributed by atoms with van der Waals surface area (Å²) in [4.78, 5) is 30.6. The predicted molar refractivity (Wildman–Crippen MR) is 113 cm³/mol. The molecule has 5 nitrogen and oxygen atoms in total. The van der Waals surface area contributed by atoms with Crippen molar-refractivity contribution in [3.63, 3.8) is 0 Å². The van der Waals surface area contributed by atoms with E-state index in [1.807, 2.05) is 57.2 Å². The lowest BCUT2D eigenvalue weighted by Crippen LogP contribution is -2.33. The molecule has 1 atom stereocenters. The minimum atomic E-state index is -0.343. The number of thioether (sulfide) groups is 1. The number of nitrogens with one attached hydrogen (secondary N) is 1. The average molecular weight is 394 g/mol. The molecule has 6 heteroatoms. The smallest absolute Gasteiger partial charge is 0.266 e. The van der Waals surface area contributed by atoms with Crippen molar-refractivity contribution in [3.05, 3.63) is 63.9 Å². The quantitative estimate of drug-likeness (QED) is 0.529. The minimum Gasteiger partial charge on any atom is -0.352 e. The van der Waals surface area contributed by atoms with Gasteiger partial charge in [-0.15, -0.1) is 0 Å². The molecule has 0 spiro atoms. The van der Waals surface area contributed by atoms with E-state index in [1.54, 1.807) is 10.6 Å². The van der Waals surface area contributed by atoms with Gasteiger partial charge in [-0.05, 0) is 62.9 Å². The molecule has 2 aromatic carbocycles. The van der Waals surface area contributed by atoms with Crippen molar-refractivity contribution in [2.75, 3.05) is 0 Å². The molecule has 4 rings (SSSR count). The maximum atomic E-state index is 13.4. The van der Waals surface area contributed by atoms with Crippen LogP contribution in [-0.4, -0.2) is 26.8 Å². The molecule has 0 saturated heterocycles. The lowest BCUT2D eigenvalue weighted by atomic mass is 10.1. The van der Waals surface area contributed by atoms with Crippen molar-refractivity contribution in [1.82, 2.24) is 14.9 Å². The summed E-state index contributed by atoms with van der Waals surface area (Å²) in [5, 5.41) is 3.80. The lowest BCUT2D eigenvalue weighted by molar-refractivity contribution is -0.120. The predicted octanol–water partition coefficient (Wildman–Crippen LogP) is 3.76. The summed E-state index contributed by atoms with van der Waals surface area (Å²) in [7, 11) is 0. The number of aromatic nitrogens is 2. The van der Waals surface area contributed by atoms with Gasteiger partial charge >= 0.3 is 0 Å². The fraction of sp³-hybridized carbons (Fsp3) is 0.318. The van der Waals surface area contributed by atoms with Crippen LogP contribution < -0.4 is 10.9 Å². The Morgan fingerprint density at radius 3 is 2.71 bits per heavy atom. The molecular formula is C22H23N3O2S. The molecule has 3 aromatic rings. The van der Waals surface area contributed by atoms with Crippen molar-refractivity contribution in [3.8, 4) is 5.69 Å². The van der Waals surface area contributed by atoms with E-state index in [2.05, 4.69) is 5.32 Å². The van der Waals surface area contributed by atoms with E-state index in [9.17, 15) is 9.59 Å². The number of hydrogen-bond acceptors (Lipinski definition) is 4. The van der Waals surface area contributed by atoms with Gasteiger partial charge in [-0.1, -0.05) is 36.0 Å². The first-order valence-electron chi connectivity index (χ1n) is 9.50. The topological polar surface area (TPSA) is 64.0 Å². The monoisotopic (exact) mass is 393 g/mol. The average Bonchev–Trinajstić information content (AvgIpc) is 3.48. The molecule has 1 heterocycles. The largest absolute Gasteiger partial charge is 0.352 e. The van der Waals surface area contributed by atoms with Gasteiger partial charge in [0.15, 0.2) is 5.16 Å². The van der Waals surface area contributed by atoms with Crippen LogP contribution >= 0.6 is 11.8 Å². The minimum absolute atomic E-state index is 0.0116. The number of amides is 1. The van der Waals surface area contributed by atoms with E-state index in [0.29, 0.717) is 22.1 Å². The molecule has 0 aliphatic heterocycles. The van der Waals surface area contributed by atoms with Crippen LogP contribution in [0.4, 0.5) is 0 Å². The normalized spacial score (nSPS) is 14.8. The third-order valence-electron chi connectivity index (χ3n) is 4.93. The zero-order chi connectivity index (χ0) is 19.8. The molecule has 0 radical (unpaired) electrons. The fourth-order valence-electron chi connectivity index (χ4n) is 3.12. The Labute approximate surface area is 168 Å². The van der Waals surface area contributed by atoms with Gasteiger partial charge in [0.05, 0.1) is 21.8 Å². The van der Waals surface area contributed by atoms with Crippen molar-refractivity contribution in [2.45, 2.75) is 50.1 Å².